The van der Waals surface area contributed by atoms with Crippen LogP contribution in [0.25, 0.3) is 0 Å². The average Bonchev–Trinajstić information content (AvgIpc) is 2.44. The first kappa shape index (κ1) is 15.2. The largest absolute Gasteiger partial charge is 0.506 e. The van der Waals surface area contributed by atoms with Gasteiger partial charge in [-0.3, -0.25) is 4.79 Å². The molecule has 1 atom stereocenters. The second-order valence-electron chi connectivity index (χ2n) is 4.31. The third-order valence-electron chi connectivity index (χ3n) is 2.83. The quantitative estimate of drug-likeness (QED) is 0.755. The number of alkyl halides is 1. The summed E-state index contributed by atoms with van der Waals surface area (Å²) < 4.78 is 15.0. The molecule has 0 saturated carbocycles. The molecule has 0 saturated heterocycles. The zero-order valence-corrected chi connectivity index (χ0v) is 13.5. The van der Waals surface area contributed by atoms with Crippen LogP contribution in [0.5, 0.6) is 5.75 Å². The minimum atomic E-state index is -1.61. The van der Waals surface area contributed by atoms with Crippen LogP contribution in [0.4, 0.5) is 4.39 Å². The predicted molar refractivity (Wildman–Crippen MR) is 82.9 cm³/mol. The zero-order chi connectivity index (χ0) is 14.7. The molecular formula is C15H11Br2FO2. The number of phenolic OH excluding ortho intramolecular Hbond substituents is 1. The van der Waals surface area contributed by atoms with Crippen molar-refractivity contribution in [2.24, 2.45) is 0 Å². The Hall–Kier alpha value is -1.20. The van der Waals surface area contributed by atoms with Gasteiger partial charge < -0.3 is 5.11 Å². The van der Waals surface area contributed by atoms with Crippen molar-refractivity contribution in [3.8, 4) is 5.75 Å². The second kappa shape index (κ2) is 6.50. The van der Waals surface area contributed by atoms with Gasteiger partial charge in [0.2, 0.25) is 0 Å². The number of benzene rings is 2. The summed E-state index contributed by atoms with van der Waals surface area (Å²) >= 11 is 6.36. The van der Waals surface area contributed by atoms with Crippen LogP contribution in [0.15, 0.2) is 51.4 Å². The maximum Gasteiger partial charge on any atom is 0.197 e. The lowest BCUT2D eigenvalue weighted by atomic mass is 10.0. The fourth-order valence-electron chi connectivity index (χ4n) is 1.82. The van der Waals surface area contributed by atoms with E-state index >= 15 is 0 Å². The number of hydrogen-bond acceptors (Lipinski definition) is 2. The molecule has 20 heavy (non-hydrogen) atoms. The van der Waals surface area contributed by atoms with Crippen molar-refractivity contribution in [3.05, 3.63) is 62.5 Å². The Balaban J connectivity index is 2.16. The summed E-state index contributed by atoms with van der Waals surface area (Å²) in [5, 5.41) is 9.60. The van der Waals surface area contributed by atoms with Crippen molar-refractivity contribution in [2.75, 3.05) is 0 Å². The molecule has 2 aromatic carbocycles. The molecule has 0 radical (unpaired) electrons. The minimum Gasteiger partial charge on any atom is -0.506 e. The predicted octanol–water partition coefficient (Wildman–Crippen LogP) is 4.68. The molecule has 0 aliphatic rings. The zero-order valence-electron chi connectivity index (χ0n) is 10.3. The van der Waals surface area contributed by atoms with Gasteiger partial charge in [-0.05, 0) is 49.6 Å². The van der Waals surface area contributed by atoms with Crippen molar-refractivity contribution in [3.63, 3.8) is 0 Å². The molecule has 0 aliphatic heterocycles. The van der Waals surface area contributed by atoms with Gasteiger partial charge >= 0.3 is 0 Å². The molecule has 5 heteroatoms. The van der Waals surface area contributed by atoms with Gasteiger partial charge in [0.1, 0.15) is 5.75 Å². The van der Waals surface area contributed by atoms with E-state index in [0.29, 0.717) is 20.1 Å². The Bertz CT molecular complexity index is 606. The van der Waals surface area contributed by atoms with Gasteiger partial charge in [0.15, 0.2) is 12.0 Å². The monoisotopic (exact) mass is 400 g/mol. The van der Waals surface area contributed by atoms with E-state index in [1.54, 1.807) is 42.5 Å². The summed E-state index contributed by atoms with van der Waals surface area (Å²) in [6.07, 6.45) is -1.65. The third kappa shape index (κ3) is 3.46. The molecular weight excluding hydrogens is 391 g/mol. The molecule has 1 N–H and O–H groups in total. The number of phenols is 1. The molecule has 0 aliphatic carbocycles. The SMILES string of the molecule is O=C(c1ccccc1)[C@@H](F)Cc1cc(Br)c(O)c(Br)c1. The van der Waals surface area contributed by atoms with E-state index < -0.39 is 12.0 Å². The van der Waals surface area contributed by atoms with Gasteiger partial charge in [0, 0.05) is 12.0 Å². The van der Waals surface area contributed by atoms with Crippen molar-refractivity contribution in [2.45, 2.75) is 12.6 Å². The number of Topliss-reactive ketones (excluding diaryl/α,β-unsaturated/α-hetero) is 1. The smallest absolute Gasteiger partial charge is 0.197 e. The lowest BCUT2D eigenvalue weighted by molar-refractivity contribution is 0.0877. The topological polar surface area (TPSA) is 37.3 Å². The highest BCUT2D eigenvalue weighted by molar-refractivity contribution is 9.11. The first-order chi connectivity index (χ1) is 9.49. The number of ketones is 1. The molecule has 104 valence electrons. The van der Waals surface area contributed by atoms with Crippen LogP contribution in [-0.2, 0) is 6.42 Å². The maximum atomic E-state index is 14.1. The number of rotatable bonds is 4. The Labute approximate surface area is 132 Å². The van der Waals surface area contributed by atoms with Crippen LogP contribution in [0.2, 0.25) is 0 Å². The summed E-state index contributed by atoms with van der Waals surface area (Å²) in [6, 6.07) is 11.6. The van der Waals surface area contributed by atoms with E-state index in [-0.39, 0.29) is 12.2 Å². The van der Waals surface area contributed by atoms with Gasteiger partial charge in [-0.25, -0.2) is 4.39 Å². The standard InChI is InChI=1S/C15H11Br2FO2/c16-11-6-9(7-12(17)15(11)20)8-13(18)14(19)10-4-2-1-3-5-10/h1-7,13,20H,8H2/t13-/m0/s1. The molecule has 0 heterocycles. The Morgan fingerprint density at radius 3 is 2.25 bits per heavy atom. The average molecular weight is 402 g/mol. The van der Waals surface area contributed by atoms with Crippen molar-refractivity contribution < 1.29 is 14.3 Å². The minimum absolute atomic E-state index is 0.0365. The van der Waals surface area contributed by atoms with E-state index in [9.17, 15) is 14.3 Å². The highest BCUT2D eigenvalue weighted by atomic mass is 79.9. The number of carbonyl (C=O) groups is 1. The Morgan fingerprint density at radius 1 is 1.15 bits per heavy atom. The molecule has 0 aromatic heterocycles. The van der Waals surface area contributed by atoms with E-state index in [0.717, 1.165) is 0 Å². The molecule has 0 amide bonds. The van der Waals surface area contributed by atoms with Gasteiger partial charge in [-0.2, -0.15) is 0 Å². The summed E-state index contributed by atoms with van der Waals surface area (Å²) in [5.41, 5.74) is 0.982. The molecule has 0 bridgehead atoms. The fraction of sp³-hybridized carbons (Fsp3) is 0.133. The summed E-state index contributed by atoms with van der Waals surface area (Å²) in [6.45, 7) is 0. The van der Waals surface area contributed by atoms with E-state index in [4.69, 9.17) is 0 Å². The molecule has 2 nitrogen and oxygen atoms in total. The number of carbonyl (C=O) groups excluding carboxylic acids is 1. The molecule has 0 spiro atoms. The summed E-state index contributed by atoms with van der Waals surface area (Å²) in [5.74, 6) is -0.482. The molecule has 2 rings (SSSR count). The van der Waals surface area contributed by atoms with Gasteiger partial charge in [0.05, 0.1) is 8.95 Å². The maximum absolute atomic E-state index is 14.1. The Morgan fingerprint density at radius 2 is 1.70 bits per heavy atom. The van der Waals surface area contributed by atoms with Crippen LogP contribution in [0.1, 0.15) is 15.9 Å². The van der Waals surface area contributed by atoms with E-state index in [2.05, 4.69) is 31.9 Å². The number of hydrogen-bond donors (Lipinski definition) is 1. The van der Waals surface area contributed by atoms with Gasteiger partial charge in [0.25, 0.3) is 0 Å². The summed E-state index contributed by atoms with van der Waals surface area (Å²) in [7, 11) is 0. The molecule has 2 aromatic rings. The van der Waals surface area contributed by atoms with Crippen molar-refractivity contribution in [1.29, 1.82) is 0 Å². The van der Waals surface area contributed by atoms with Crippen LogP contribution in [-0.4, -0.2) is 17.1 Å². The van der Waals surface area contributed by atoms with Gasteiger partial charge in [-0.15, -0.1) is 0 Å². The van der Waals surface area contributed by atoms with Crippen LogP contribution >= 0.6 is 31.9 Å². The molecule has 0 unspecified atom stereocenters. The van der Waals surface area contributed by atoms with Crippen LogP contribution in [0, 0.1) is 0 Å². The van der Waals surface area contributed by atoms with Gasteiger partial charge in [-0.1, -0.05) is 30.3 Å². The number of aromatic hydroxyl groups is 1. The highest BCUT2D eigenvalue weighted by Crippen LogP contribution is 2.33. The third-order valence-corrected chi connectivity index (χ3v) is 4.04. The van der Waals surface area contributed by atoms with Crippen LogP contribution in [0.3, 0.4) is 0 Å². The number of halogens is 3. The first-order valence-corrected chi connectivity index (χ1v) is 7.48. The van der Waals surface area contributed by atoms with E-state index in [1.165, 1.54) is 0 Å². The lowest BCUT2D eigenvalue weighted by Crippen LogP contribution is -2.18. The van der Waals surface area contributed by atoms with E-state index in [1.807, 2.05) is 0 Å². The second-order valence-corrected chi connectivity index (χ2v) is 6.02. The van der Waals surface area contributed by atoms with Crippen molar-refractivity contribution >= 4 is 37.6 Å². The van der Waals surface area contributed by atoms with Crippen molar-refractivity contribution in [1.82, 2.24) is 0 Å². The summed E-state index contributed by atoms with van der Waals surface area (Å²) in [4.78, 5) is 11.9. The normalized spacial score (nSPS) is 12.2. The Kier molecular flexibility index (Phi) is 4.94. The highest BCUT2D eigenvalue weighted by Gasteiger charge is 2.20. The first-order valence-electron chi connectivity index (χ1n) is 5.89. The fourth-order valence-corrected chi connectivity index (χ4v) is 3.10. The molecule has 0 fully saturated rings. The van der Waals surface area contributed by atoms with Crippen LogP contribution < -0.4 is 0 Å². The lowest BCUT2D eigenvalue weighted by Gasteiger charge is -2.09.